The van der Waals surface area contributed by atoms with Crippen molar-refractivity contribution in [1.29, 1.82) is 0 Å². The van der Waals surface area contributed by atoms with Crippen LogP contribution in [-0.2, 0) is 13.0 Å². The van der Waals surface area contributed by atoms with Gasteiger partial charge in [-0.3, -0.25) is 0 Å². The van der Waals surface area contributed by atoms with Crippen LogP contribution in [0.15, 0.2) is 24.5 Å². The number of nitrogens with one attached hydrogen (secondary N) is 1. The third kappa shape index (κ3) is 4.30. The van der Waals surface area contributed by atoms with Crippen molar-refractivity contribution in [1.82, 2.24) is 20.1 Å². The molecule has 1 aliphatic heterocycles. The first-order chi connectivity index (χ1) is 11.1. The van der Waals surface area contributed by atoms with Gasteiger partial charge in [-0.1, -0.05) is 6.07 Å². The van der Waals surface area contributed by atoms with Crippen LogP contribution in [0.1, 0.15) is 23.4 Å². The number of fused-ring (bicyclic) bond motifs is 1. The smallest absolute Gasteiger partial charge is 0.138 e. The van der Waals surface area contributed by atoms with E-state index in [-0.39, 0.29) is 6.61 Å². The Morgan fingerprint density at radius 1 is 1.35 bits per heavy atom. The van der Waals surface area contributed by atoms with Gasteiger partial charge in [-0.25, -0.2) is 9.67 Å². The van der Waals surface area contributed by atoms with Crippen molar-refractivity contribution in [3.8, 4) is 5.75 Å². The predicted molar refractivity (Wildman–Crippen MR) is 87.6 cm³/mol. The third-order valence-electron chi connectivity index (χ3n) is 4.09. The van der Waals surface area contributed by atoms with Crippen LogP contribution in [0.3, 0.4) is 0 Å². The summed E-state index contributed by atoms with van der Waals surface area (Å²) in [5, 5.41) is 17.7. The first-order valence-corrected chi connectivity index (χ1v) is 8.09. The lowest BCUT2D eigenvalue weighted by molar-refractivity contribution is 0.101. The Hall–Kier alpha value is -1.92. The maximum absolute atomic E-state index is 10.1. The molecule has 2 heterocycles. The second kappa shape index (κ2) is 7.10. The predicted octanol–water partition coefficient (Wildman–Crippen LogP) is 1.24. The van der Waals surface area contributed by atoms with Gasteiger partial charge in [0.05, 0.1) is 6.54 Å². The fourth-order valence-corrected chi connectivity index (χ4v) is 2.97. The van der Waals surface area contributed by atoms with E-state index in [0.29, 0.717) is 12.6 Å². The van der Waals surface area contributed by atoms with Crippen LogP contribution in [0.2, 0.25) is 0 Å². The molecule has 0 saturated heterocycles. The maximum Gasteiger partial charge on any atom is 0.138 e. The Balaban J connectivity index is 1.42. The number of benzene rings is 1. The van der Waals surface area contributed by atoms with E-state index in [0.717, 1.165) is 31.0 Å². The summed E-state index contributed by atoms with van der Waals surface area (Å²) in [4.78, 5) is 4.22. The van der Waals surface area contributed by atoms with Crippen molar-refractivity contribution in [3.63, 3.8) is 0 Å². The lowest BCUT2D eigenvalue weighted by Gasteiger charge is -2.25. The Bertz CT molecular complexity index is 636. The van der Waals surface area contributed by atoms with Crippen LogP contribution in [0.25, 0.3) is 0 Å². The highest BCUT2D eigenvalue weighted by atomic mass is 16.5. The molecule has 124 valence electrons. The number of rotatable bonds is 6. The molecule has 0 amide bonds. The molecule has 0 radical (unpaired) electrons. The highest BCUT2D eigenvalue weighted by molar-refractivity contribution is 5.32. The Morgan fingerprint density at radius 2 is 2.13 bits per heavy atom. The third-order valence-corrected chi connectivity index (χ3v) is 4.09. The summed E-state index contributed by atoms with van der Waals surface area (Å²) in [6, 6.07) is 6.40. The zero-order valence-corrected chi connectivity index (χ0v) is 13.7. The summed E-state index contributed by atoms with van der Waals surface area (Å²) in [6.45, 7) is 5.69. The van der Waals surface area contributed by atoms with Gasteiger partial charge in [0.1, 0.15) is 30.6 Å². The summed E-state index contributed by atoms with van der Waals surface area (Å²) >= 11 is 0. The molecule has 0 fully saturated rings. The molecule has 0 spiro atoms. The molecule has 2 aromatic rings. The van der Waals surface area contributed by atoms with Gasteiger partial charge in [0.25, 0.3) is 0 Å². The van der Waals surface area contributed by atoms with Crippen LogP contribution in [0.5, 0.6) is 5.75 Å². The minimum absolute atomic E-state index is 0.289. The summed E-state index contributed by atoms with van der Waals surface area (Å²) in [6.07, 6.45) is 3.01. The quantitative estimate of drug-likeness (QED) is 0.839. The molecule has 0 saturated carbocycles. The largest absolute Gasteiger partial charge is 0.491 e. The second-order valence-corrected chi connectivity index (χ2v) is 6.29. The summed E-state index contributed by atoms with van der Waals surface area (Å²) in [7, 11) is 0. The average Bonchev–Trinajstić information content (AvgIpc) is 2.97. The molecule has 0 aliphatic carbocycles. The molecule has 2 unspecified atom stereocenters. The number of aromatic nitrogens is 3. The normalized spacial score (nSPS) is 18.5. The van der Waals surface area contributed by atoms with Gasteiger partial charge in [0.15, 0.2) is 0 Å². The van der Waals surface area contributed by atoms with Crippen molar-refractivity contribution < 1.29 is 9.84 Å². The minimum atomic E-state index is -0.534. The number of ether oxygens (including phenoxy) is 1. The highest BCUT2D eigenvalue weighted by Crippen LogP contribution is 2.16. The number of aliphatic hydroxyl groups excluding tert-OH is 1. The minimum Gasteiger partial charge on any atom is -0.491 e. The van der Waals surface area contributed by atoms with Crippen molar-refractivity contribution in [2.45, 2.75) is 45.4 Å². The van der Waals surface area contributed by atoms with E-state index in [1.165, 1.54) is 11.1 Å². The van der Waals surface area contributed by atoms with E-state index in [9.17, 15) is 5.11 Å². The number of aliphatic hydroxyl groups is 1. The van der Waals surface area contributed by atoms with Crippen molar-refractivity contribution in [2.24, 2.45) is 0 Å². The summed E-state index contributed by atoms with van der Waals surface area (Å²) in [5.74, 6) is 1.85. The van der Waals surface area contributed by atoms with Gasteiger partial charge in [0, 0.05) is 19.0 Å². The van der Waals surface area contributed by atoms with Crippen LogP contribution in [0, 0.1) is 13.8 Å². The maximum atomic E-state index is 10.1. The van der Waals surface area contributed by atoms with E-state index in [4.69, 9.17) is 4.74 Å². The summed E-state index contributed by atoms with van der Waals surface area (Å²) in [5.41, 5.74) is 2.33. The van der Waals surface area contributed by atoms with Crippen LogP contribution < -0.4 is 10.1 Å². The van der Waals surface area contributed by atoms with Crippen LogP contribution >= 0.6 is 0 Å². The molecule has 23 heavy (non-hydrogen) atoms. The fourth-order valence-electron chi connectivity index (χ4n) is 2.97. The Morgan fingerprint density at radius 3 is 2.91 bits per heavy atom. The van der Waals surface area contributed by atoms with E-state index in [1.54, 1.807) is 6.33 Å². The molecule has 2 atom stereocenters. The van der Waals surface area contributed by atoms with Crippen LogP contribution in [-0.4, -0.2) is 45.2 Å². The van der Waals surface area contributed by atoms with Gasteiger partial charge < -0.3 is 15.2 Å². The second-order valence-electron chi connectivity index (χ2n) is 6.29. The van der Waals surface area contributed by atoms with E-state index in [1.807, 2.05) is 30.7 Å². The highest BCUT2D eigenvalue weighted by Gasteiger charge is 2.20. The van der Waals surface area contributed by atoms with E-state index >= 15 is 0 Å². The molecular weight excluding hydrogens is 292 g/mol. The number of aryl methyl sites for hydroxylation is 3. The van der Waals surface area contributed by atoms with Gasteiger partial charge in [-0.15, -0.1) is 0 Å². The topological polar surface area (TPSA) is 72.2 Å². The molecule has 3 rings (SSSR count). The zero-order valence-electron chi connectivity index (χ0n) is 13.7. The lowest BCUT2D eigenvalue weighted by Crippen LogP contribution is -2.42. The molecule has 1 aromatic heterocycles. The molecule has 1 aliphatic rings. The molecule has 2 N–H and O–H groups in total. The van der Waals surface area contributed by atoms with Crippen molar-refractivity contribution in [3.05, 3.63) is 41.5 Å². The van der Waals surface area contributed by atoms with Gasteiger partial charge in [0.2, 0.25) is 0 Å². The first kappa shape index (κ1) is 16.0. The van der Waals surface area contributed by atoms with Gasteiger partial charge in [-0.05, 0) is 43.5 Å². The van der Waals surface area contributed by atoms with Gasteiger partial charge in [-0.2, -0.15) is 5.10 Å². The summed E-state index contributed by atoms with van der Waals surface area (Å²) < 4.78 is 7.63. The standard InChI is InChI=1S/C17H24N4O2/c1-12-5-13(2)7-16(6-12)23-10-15(22)8-18-14-3-4-17-19-11-20-21(17)9-14/h5-7,11,14-15,18,22H,3-4,8-10H2,1-2H3. The number of nitrogens with zero attached hydrogens (tertiary/aromatic N) is 3. The first-order valence-electron chi connectivity index (χ1n) is 8.09. The van der Waals surface area contributed by atoms with E-state index in [2.05, 4.69) is 21.5 Å². The number of hydrogen-bond donors (Lipinski definition) is 2. The Labute approximate surface area is 136 Å². The SMILES string of the molecule is Cc1cc(C)cc(OCC(O)CNC2CCc3ncnn3C2)c1. The molecular formula is C17H24N4O2. The van der Waals surface area contributed by atoms with Crippen molar-refractivity contribution >= 4 is 0 Å². The molecule has 6 heteroatoms. The zero-order chi connectivity index (χ0) is 16.2. The van der Waals surface area contributed by atoms with Crippen LogP contribution in [0.4, 0.5) is 0 Å². The Kier molecular flexibility index (Phi) is 4.93. The monoisotopic (exact) mass is 316 g/mol. The molecule has 6 nitrogen and oxygen atoms in total. The molecule has 1 aromatic carbocycles. The van der Waals surface area contributed by atoms with Crippen molar-refractivity contribution in [2.75, 3.05) is 13.2 Å². The van der Waals surface area contributed by atoms with E-state index < -0.39 is 6.10 Å². The molecule has 0 bridgehead atoms. The average molecular weight is 316 g/mol. The number of hydrogen-bond acceptors (Lipinski definition) is 5. The lowest BCUT2D eigenvalue weighted by atomic mass is 10.1. The van der Waals surface area contributed by atoms with Gasteiger partial charge >= 0.3 is 0 Å². The fraction of sp³-hybridized carbons (Fsp3) is 0.529.